The van der Waals surface area contributed by atoms with Gasteiger partial charge in [-0.15, -0.1) is 0 Å². The number of nitrogens with one attached hydrogen (secondary N) is 1. The van der Waals surface area contributed by atoms with Gasteiger partial charge in [0.05, 0.1) is 5.69 Å². The van der Waals surface area contributed by atoms with Crippen molar-refractivity contribution in [1.29, 1.82) is 0 Å². The molecule has 0 atom stereocenters. The molecule has 1 N–H and O–H groups in total. The molecule has 1 rings (SSSR count). The van der Waals surface area contributed by atoms with E-state index in [-0.39, 0.29) is 0 Å². The van der Waals surface area contributed by atoms with Crippen LogP contribution in [0, 0.1) is 6.92 Å². The van der Waals surface area contributed by atoms with E-state index in [4.69, 9.17) is 0 Å². The molecule has 12 heavy (non-hydrogen) atoms. The van der Waals surface area contributed by atoms with Gasteiger partial charge in [-0.05, 0) is 31.4 Å². The topological polar surface area (TPSA) is 42.0 Å². The van der Waals surface area contributed by atoms with Crippen LogP contribution in [0.2, 0.25) is 0 Å². The molecule has 0 bridgehead atoms. The number of aldehydes is 1. The summed E-state index contributed by atoms with van der Waals surface area (Å²) in [4.78, 5) is 10.2. The van der Waals surface area contributed by atoms with Crippen LogP contribution in [0.4, 0.5) is 5.00 Å². The molecule has 0 radical (unpaired) electrons. The molecule has 0 aliphatic rings. The summed E-state index contributed by atoms with van der Waals surface area (Å²) in [6.07, 6.45) is 2.47. The van der Waals surface area contributed by atoms with E-state index in [2.05, 4.69) is 9.69 Å². The summed E-state index contributed by atoms with van der Waals surface area (Å²) in [5.41, 5.74) is 1.65. The molecular weight excluding hydrogens is 172 g/mol. The molecular formula is C8H10N2OS. The molecule has 0 aliphatic carbocycles. The van der Waals surface area contributed by atoms with E-state index in [0.717, 1.165) is 17.0 Å². The smallest absolute Gasteiger partial charge is 0.147 e. The molecule has 0 saturated heterocycles. The molecule has 1 aromatic heterocycles. The standard InChI is InChI=1S/C8H10N2OS/c1-6(5-11)4-9-8-3-7(2)10-12-8/h3-5,9H,1-2H3/b6-4-. The van der Waals surface area contributed by atoms with Crippen LogP contribution in [0.5, 0.6) is 0 Å². The van der Waals surface area contributed by atoms with Crippen molar-refractivity contribution >= 4 is 22.8 Å². The van der Waals surface area contributed by atoms with Crippen molar-refractivity contribution in [3.63, 3.8) is 0 Å². The number of nitrogens with zero attached hydrogens (tertiary/aromatic N) is 1. The third kappa shape index (κ3) is 2.47. The first-order valence-electron chi connectivity index (χ1n) is 3.54. The highest BCUT2D eigenvalue weighted by Gasteiger charge is 1.93. The molecule has 0 aromatic carbocycles. The average Bonchev–Trinajstić information content (AvgIpc) is 2.47. The summed E-state index contributed by atoms with van der Waals surface area (Å²) in [5, 5.41) is 3.93. The zero-order chi connectivity index (χ0) is 8.97. The third-order valence-corrected chi connectivity index (χ3v) is 2.07. The second-order valence-corrected chi connectivity index (χ2v) is 3.29. The number of allylic oxidation sites excluding steroid dienone is 1. The minimum Gasteiger partial charge on any atom is -0.352 e. The highest BCUT2D eigenvalue weighted by molar-refractivity contribution is 7.10. The van der Waals surface area contributed by atoms with Crippen LogP contribution in [-0.2, 0) is 4.79 Å². The van der Waals surface area contributed by atoms with Crippen LogP contribution in [0.1, 0.15) is 12.6 Å². The predicted molar refractivity (Wildman–Crippen MR) is 50.3 cm³/mol. The molecule has 4 heteroatoms. The van der Waals surface area contributed by atoms with Crippen molar-refractivity contribution in [1.82, 2.24) is 4.37 Å². The SMILES string of the molecule is C/C(C=O)=C/Nc1cc(C)ns1. The lowest BCUT2D eigenvalue weighted by molar-refractivity contribution is -0.104. The summed E-state index contributed by atoms with van der Waals surface area (Å²) in [6, 6.07) is 1.93. The van der Waals surface area contributed by atoms with Gasteiger partial charge in [-0.25, -0.2) is 0 Å². The largest absolute Gasteiger partial charge is 0.352 e. The van der Waals surface area contributed by atoms with Crippen LogP contribution in [0.25, 0.3) is 0 Å². The lowest BCUT2D eigenvalue weighted by atomic mass is 10.4. The van der Waals surface area contributed by atoms with Gasteiger partial charge in [0.25, 0.3) is 0 Å². The van der Waals surface area contributed by atoms with E-state index < -0.39 is 0 Å². The Morgan fingerprint density at radius 2 is 2.50 bits per heavy atom. The minimum atomic E-state index is 0.668. The monoisotopic (exact) mass is 182 g/mol. The first-order valence-corrected chi connectivity index (χ1v) is 4.31. The van der Waals surface area contributed by atoms with Gasteiger partial charge in [0.15, 0.2) is 0 Å². The quantitative estimate of drug-likeness (QED) is 0.574. The fourth-order valence-corrected chi connectivity index (χ4v) is 1.28. The number of hydrogen-bond acceptors (Lipinski definition) is 4. The molecule has 1 aromatic rings. The molecule has 64 valence electrons. The van der Waals surface area contributed by atoms with Gasteiger partial charge >= 0.3 is 0 Å². The maximum absolute atomic E-state index is 10.2. The van der Waals surface area contributed by atoms with E-state index in [1.54, 1.807) is 13.1 Å². The van der Waals surface area contributed by atoms with Crippen molar-refractivity contribution in [2.75, 3.05) is 5.32 Å². The van der Waals surface area contributed by atoms with Gasteiger partial charge in [-0.1, -0.05) is 0 Å². The highest BCUT2D eigenvalue weighted by Crippen LogP contribution is 2.15. The van der Waals surface area contributed by atoms with E-state index in [1.807, 2.05) is 13.0 Å². The van der Waals surface area contributed by atoms with Crippen molar-refractivity contribution in [2.24, 2.45) is 0 Å². The Morgan fingerprint density at radius 1 is 1.75 bits per heavy atom. The maximum atomic E-state index is 10.2. The first kappa shape index (κ1) is 8.93. The number of anilines is 1. The fraction of sp³-hybridized carbons (Fsp3) is 0.250. The number of carbonyl (C=O) groups excluding carboxylic acids is 1. The number of aromatic nitrogens is 1. The average molecular weight is 182 g/mol. The Hall–Kier alpha value is -1.16. The number of carbonyl (C=O) groups is 1. The van der Waals surface area contributed by atoms with Crippen LogP contribution < -0.4 is 5.32 Å². The van der Waals surface area contributed by atoms with E-state index in [9.17, 15) is 4.79 Å². The molecule has 0 saturated carbocycles. The Morgan fingerprint density at radius 3 is 3.00 bits per heavy atom. The summed E-state index contributed by atoms with van der Waals surface area (Å²) < 4.78 is 4.08. The lowest BCUT2D eigenvalue weighted by Crippen LogP contribution is -1.87. The normalized spacial score (nSPS) is 11.3. The molecule has 3 nitrogen and oxygen atoms in total. The minimum absolute atomic E-state index is 0.668. The van der Waals surface area contributed by atoms with Crippen molar-refractivity contribution < 1.29 is 4.79 Å². The maximum Gasteiger partial charge on any atom is 0.147 e. The molecule has 0 spiro atoms. The summed E-state index contributed by atoms with van der Waals surface area (Å²) in [5.74, 6) is 0. The molecule has 0 fully saturated rings. The van der Waals surface area contributed by atoms with Crippen LogP contribution in [-0.4, -0.2) is 10.7 Å². The second-order valence-electron chi connectivity index (χ2n) is 2.48. The van der Waals surface area contributed by atoms with Crippen LogP contribution >= 0.6 is 11.5 Å². The second kappa shape index (κ2) is 4.01. The molecule has 0 aliphatic heterocycles. The Labute approximate surface area is 75.3 Å². The molecule has 0 unspecified atom stereocenters. The molecule has 0 amide bonds. The van der Waals surface area contributed by atoms with Crippen LogP contribution in [0.3, 0.4) is 0 Å². The third-order valence-electron chi connectivity index (χ3n) is 1.26. The zero-order valence-corrected chi connectivity index (χ0v) is 7.81. The van der Waals surface area contributed by atoms with Gasteiger partial charge < -0.3 is 5.32 Å². The fourth-order valence-electron chi connectivity index (χ4n) is 0.651. The van der Waals surface area contributed by atoms with Crippen LogP contribution in [0.15, 0.2) is 17.8 Å². The number of hydrogen-bond donors (Lipinski definition) is 1. The Balaban J connectivity index is 2.59. The van der Waals surface area contributed by atoms with Gasteiger partial charge in [0, 0.05) is 11.8 Å². The van der Waals surface area contributed by atoms with Gasteiger partial charge in [0.1, 0.15) is 11.3 Å². The van der Waals surface area contributed by atoms with E-state index >= 15 is 0 Å². The van der Waals surface area contributed by atoms with Gasteiger partial charge in [-0.2, -0.15) is 4.37 Å². The first-order chi connectivity index (χ1) is 5.72. The van der Waals surface area contributed by atoms with Gasteiger partial charge in [0.2, 0.25) is 0 Å². The Bertz CT molecular complexity index is 304. The van der Waals surface area contributed by atoms with E-state index in [0.29, 0.717) is 5.57 Å². The van der Waals surface area contributed by atoms with Crippen molar-refractivity contribution in [3.8, 4) is 0 Å². The van der Waals surface area contributed by atoms with E-state index in [1.165, 1.54) is 11.5 Å². The molecule has 1 heterocycles. The predicted octanol–water partition coefficient (Wildman–Crippen LogP) is 1.97. The zero-order valence-electron chi connectivity index (χ0n) is 7.00. The highest BCUT2D eigenvalue weighted by atomic mass is 32.1. The van der Waals surface area contributed by atoms with Crippen molar-refractivity contribution in [2.45, 2.75) is 13.8 Å². The summed E-state index contributed by atoms with van der Waals surface area (Å²) >= 11 is 1.38. The lowest BCUT2D eigenvalue weighted by Gasteiger charge is -1.92. The summed E-state index contributed by atoms with van der Waals surface area (Å²) in [6.45, 7) is 3.67. The number of rotatable bonds is 3. The summed E-state index contributed by atoms with van der Waals surface area (Å²) in [7, 11) is 0. The van der Waals surface area contributed by atoms with Gasteiger partial charge in [-0.3, -0.25) is 4.79 Å². The number of aryl methyl sites for hydroxylation is 1. The van der Waals surface area contributed by atoms with Crippen molar-refractivity contribution in [3.05, 3.63) is 23.5 Å². The Kier molecular flexibility index (Phi) is 2.99.